The van der Waals surface area contributed by atoms with Crippen molar-refractivity contribution >= 4 is 11.9 Å². The van der Waals surface area contributed by atoms with Gasteiger partial charge in [0.25, 0.3) is 0 Å². The highest BCUT2D eigenvalue weighted by Crippen LogP contribution is 2.23. The van der Waals surface area contributed by atoms with Crippen LogP contribution in [0.5, 0.6) is 0 Å². The summed E-state index contributed by atoms with van der Waals surface area (Å²) in [5, 5.41) is 11.2. The lowest BCUT2D eigenvalue weighted by molar-refractivity contribution is -0.543. The second-order valence-electron chi connectivity index (χ2n) is 3.66. The third-order valence-corrected chi connectivity index (χ3v) is 2.43. The SMILES string of the molecule is CCCCC(C(=O)OCC)(C(=O)OCC)[N+](=O)[O-]. The number of carbonyl (C=O) groups is 2. The summed E-state index contributed by atoms with van der Waals surface area (Å²) in [6.07, 6.45) is 0.765. The van der Waals surface area contributed by atoms with E-state index in [1.807, 2.05) is 0 Å². The van der Waals surface area contributed by atoms with E-state index in [1.54, 1.807) is 6.92 Å². The summed E-state index contributed by atoms with van der Waals surface area (Å²) in [6, 6.07) is 0. The third kappa shape index (κ3) is 3.41. The van der Waals surface area contributed by atoms with Crippen molar-refractivity contribution in [1.82, 2.24) is 0 Å². The Hall–Kier alpha value is -1.66. The fraction of sp³-hybridized carbons (Fsp3) is 0.818. The lowest BCUT2D eigenvalue weighted by Crippen LogP contribution is -2.55. The number of ether oxygens (including phenoxy) is 2. The zero-order valence-corrected chi connectivity index (χ0v) is 10.9. The molecule has 0 saturated carbocycles. The molecular weight excluding hydrogens is 242 g/mol. The van der Waals surface area contributed by atoms with Crippen LogP contribution in [0.25, 0.3) is 0 Å². The maximum atomic E-state index is 11.8. The molecule has 0 saturated heterocycles. The molecule has 0 radical (unpaired) electrons. The molecule has 18 heavy (non-hydrogen) atoms. The summed E-state index contributed by atoms with van der Waals surface area (Å²) in [5.74, 6) is -2.30. The largest absolute Gasteiger partial charge is 0.460 e. The van der Waals surface area contributed by atoms with Crippen molar-refractivity contribution in [3.63, 3.8) is 0 Å². The lowest BCUT2D eigenvalue weighted by Gasteiger charge is -2.20. The minimum absolute atomic E-state index is 0.0278. The van der Waals surface area contributed by atoms with E-state index in [0.29, 0.717) is 12.8 Å². The van der Waals surface area contributed by atoms with Crippen molar-refractivity contribution in [2.75, 3.05) is 13.2 Å². The molecule has 0 fully saturated rings. The van der Waals surface area contributed by atoms with Crippen LogP contribution in [0.1, 0.15) is 40.0 Å². The van der Waals surface area contributed by atoms with Crippen LogP contribution >= 0.6 is 0 Å². The van der Waals surface area contributed by atoms with Crippen LogP contribution in [0.3, 0.4) is 0 Å². The average Bonchev–Trinajstić information content (AvgIpc) is 2.30. The maximum Gasteiger partial charge on any atom is 0.410 e. The van der Waals surface area contributed by atoms with Gasteiger partial charge in [0.2, 0.25) is 0 Å². The van der Waals surface area contributed by atoms with Gasteiger partial charge >= 0.3 is 17.5 Å². The molecule has 0 aliphatic rings. The Balaban J connectivity index is 5.34. The predicted octanol–water partition coefficient (Wildman–Crippen LogP) is 1.32. The molecular formula is C11H19NO6. The molecule has 0 unspecified atom stereocenters. The highest BCUT2D eigenvalue weighted by molar-refractivity contribution is 6.03. The highest BCUT2D eigenvalue weighted by atomic mass is 16.7. The first-order chi connectivity index (χ1) is 8.47. The van der Waals surface area contributed by atoms with Crippen LogP contribution in [-0.4, -0.2) is 35.6 Å². The molecule has 7 nitrogen and oxygen atoms in total. The molecule has 0 N–H and O–H groups in total. The third-order valence-electron chi connectivity index (χ3n) is 2.43. The van der Waals surface area contributed by atoms with E-state index in [-0.39, 0.29) is 19.6 Å². The predicted molar refractivity (Wildman–Crippen MR) is 62.5 cm³/mol. The number of unbranched alkanes of at least 4 members (excludes halogenated alkanes) is 1. The molecule has 0 bridgehead atoms. The number of rotatable bonds is 8. The Morgan fingerprint density at radius 3 is 1.83 bits per heavy atom. The van der Waals surface area contributed by atoms with Gasteiger partial charge in [-0.2, -0.15) is 0 Å². The maximum absolute atomic E-state index is 11.8. The molecule has 104 valence electrons. The van der Waals surface area contributed by atoms with E-state index in [2.05, 4.69) is 9.47 Å². The molecule has 0 rings (SSSR count). The minimum Gasteiger partial charge on any atom is -0.460 e. The van der Waals surface area contributed by atoms with Crippen LogP contribution in [0.4, 0.5) is 0 Å². The average molecular weight is 261 g/mol. The van der Waals surface area contributed by atoms with E-state index in [4.69, 9.17) is 0 Å². The van der Waals surface area contributed by atoms with Crippen LogP contribution in [-0.2, 0) is 19.1 Å². The van der Waals surface area contributed by atoms with E-state index in [0.717, 1.165) is 0 Å². The van der Waals surface area contributed by atoms with Crippen LogP contribution in [0.2, 0.25) is 0 Å². The van der Waals surface area contributed by atoms with Gasteiger partial charge in [0, 0.05) is 6.42 Å². The van der Waals surface area contributed by atoms with Crippen molar-refractivity contribution in [3.05, 3.63) is 10.1 Å². The molecule has 0 heterocycles. The topological polar surface area (TPSA) is 95.7 Å². The van der Waals surface area contributed by atoms with Crippen molar-refractivity contribution in [2.24, 2.45) is 0 Å². The number of hydrogen-bond donors (Lipinski definition) is 0. The van der Waals surface area contributed by atoms with Gasteiger partial charge in [-0.3, -0.25) is 10.1 Å². The van der Waals surface area contributed by atoms with Gasteiger partial charge in [-0.15, -0.1) is 0 Å². The van der Waals surface area contributed by atoms with E-state index in [9.17, 15) is 19.7 Å². The van der Waals surface area contributed by atoms with Gasteiger partial charge in [0.05, 0.1) is 18.1 Å². The Labute approximate surface area is 106 Å². The fourth-order valence-corrected chi connectivity index (χ4v) is 1.46. The molecule has 0 amide bonds. The summed E-state index contributed by atoms with van der Waals surface area (Å²) in [4.78, 5) is 33.8. The first-order valence-electron chi connectivity index (χ1n) is 5.96. The minimum atomic E-state index is -2.43. The van der Waals surface area contributed by atoms with E-state index in [1.165, 1.54) is 13.8 Å². The van der Waals surface area contributed by atoms with Crippen molar-refractivity contribution in [2.45, 2.75) is 45.6 Å². The zero-order valence-electron chi connectivity index (χ0n) is 10.9. The highest BCUT2D eigenvalue weighted by Gasteiger charge is 2.61. The van der Waals surface area contributed by atoms with E-state index < -0.39 is 22.4 Å². The number of nitrogens with zero attached hydrogens (tertiary/aromatic N) is 1. The Morgan fingerprint density at radius 1 is 1.11 bits per heavy atom. The van der Waals surface area contributed by atoms with Crippen LogP contribution in [0.15, 0.2) is 0 Å². The van der Waals surface area contributed by atoms with E-state index >= 15 is 0 Å². The standard InChI is InChI=1S/C11H19NO6/c1-4-7-8-11(12(15)16,9(13)17-5-2)10(14)18-6-3/h4-8H2,1-3H3. The number of carbonyl (C=O) groups excluding carboxylic acids is 2. The van der Waals surface area contributed by atoms with Gasteiger partial charge in [-0.25, -0.2) is 9.59 Å². The lowest BCUT2D eigenvalue weighted by atomic mass is 9.93. The molecule has 0 atom stereocenters. The zero-order chi connectivity index (χ0) is 14.2. The second-order valence-corrected chi connectivity index (χ2v) is 3.66. The van der Waals surface area contributed by atoms with Gasteiger partial charge in [0.15, 0.2) is 0 Å². The monoisotopic (exact) mass is 261 g/mol. The summed E-state index contributed by atoms with van der Waals surface area (Å²) in [5.41, 5.74) is -2.43. The molecule has 0 aromatic heterocycles. The van der Waals surface area contributed by atoms with Gasteiger partial charge < -0.3 is 9.47 Å². The Bertz CT molecular complexity index is 297. The first kappa shape index (κ1) is 16.3. The fourth-order valence-electron chi connectivity index (χ4n) is 1.46. The summed E-state index contributed by atoms with van der Waals surface area (Å²) < 4.78 is 9.30. The molecule has 0 spiro atoms. The molecule has 7 heteroatoms. The molecule has 0 aromatic carbocycles. The number of hydrogen-bond acceptors (Lipinski definition) is 6. The van der Waals surface area contributed by atoms with Crippen molar-refractivity contribution in [3.8, 4) is 0 Å². The Kier molecular flexibility index (Phi) is 6.92. The van der Waals surface area contributed by atoms with Gasteiger partial charge in [-0.1, -0.05) is 13.3 Å². The quantitative estimate of drug-likeness (QED) is 0.283. The van der Waals surface area contributed by atoms with Crippen LogP contribution < -0.4 is 0 Å². The summed E-state index contributed by atoms with van der Waals surface area (Å²) >= 11 is 0. The van der Waals surface area contributed by atoms with Gasteiger partial charge in [-0.05, 0) is 20.3 Å². The summed E-state index contributed by atoms with van der Waals surface area (Å²) in [6.45, 7) is 4.79. The Morgan fingerprint density at radius 2 is 1.56 bits per heavy atom. The van der Waals surface area contributed by atoms with Crippen molar-refractivity contribution < 1.29 is 24.0 Å². The number of esters is 2. The number of nitro groups is 1. The normalized spacial score (nSPS) is 10.8. The van der Waals surface area contributed by atoms with Crippen molar-refractivity contribution in [1.29, 1.82) is 0 Å². The molecule has 0 aliphatic carbocycles. The smallest absolute Gasteiger partial charge is 0.410 e. The van der Waals surface area contributed by atoms with Gasteiger partial charge in [0.1, 0.15) is 0 Å². The first-order valence-corrected chi connectivity index (χ1v) is 5.96. The summed E-state index contributed by atoms with van der Waals surface area (Å²) in [7, 11) is 0. The molecule has 0 aromatic rings. The second kappa shape index (κ2) is 7.62. The van der Waals surface area contributed by atoms with Crippen LogP contribution in [0, 0.1) is 10.1 Å². The molecule has 0 aliphatic heterocycles.